The zero-order valence-electron chi connectivity index (χ0n) is 13.0. The van der Waals surface area contributed by atoms with Gasteiger partial charge in [0, 0.05) is 6.04 Å². The number of rotatable bonds is 2. The Kier molecular flexibility index (Phi) is 6.08. The number of nitrogens with zero attached hydrogens (tertiary/aromatic N) is 1. The van der Waals surface area contributed by atoms with Crippen LogP contribution in [0.5, 0.6) is 0 Å². The zero-order chi connectivity index (χ0) is 13.7. The summed E-state index contributed by atoms with van der Waals surface area (Å²) in [5, 5.41) is 0. The maximum Gasteiger partial charge on any atom is 0.00952 e. The molecule has 0 bridgehead atoms. The third kappa shape index (κ3) is 4.39. The molecule has 0 aromatic carbocycles. The fraction of sp³-hybridized carbons (Fsp3) is 1.00. The van der Waals surface area contributed by atoms with Crippen LogP contribution in [0.1, 0.15) is 71.6 Å². The van der Waals surface area contributed by atoms with Gasteiger partial charge in [-0.15, -0.1) is 0 Å². The molecule has 2 rings (SSSR count). The molecule has 2 unspecified atom stereocenters. The first-order chi connectivity index (χ1) is 9.13. The summed E-state index contributed by atoms with van der Waals surface area (Å²) >= 11 is 4.60. The predicted molar refractivity (Wildman–Crippen MR) is 88.0 cm³/mol. The predicted octanol–water partition coefficient (Wildman–Crippen LogP) is 4.77. The van der Waals surface area contributed by atoms with E-state index in [1.165, 1.54) is 70.9 Å². The SMILES string of the molecule is CC(C)(CS)C1CCCCCC2CCCCN2CC1. The van der Waals surface area contributed by atoms with Crippen LogP contribution in [0, 0.1) is 11.3 Å². The average molecular weight is 284 g/mol. The van der Waals surface area contributed by atoms with Gasteiger partial charge in [-0.25, -0.2) is 0 Å². The van der Waals surface area contributed by atoms with Gasteiger partial charge < -0.3 is 4.90 Å². The molecule has 1 nitrogen and oxygen atoms in total. The lowest BCUT2D eigenvalue weighted by Crippen LogP contribution is -2.42. The Hall–Kier alpha value is 0.310. The minimum Gasteiger partial charge on any atom is -0.300 e. The zero-order valence-corrected chi connectivity index (χ0v) is 13.9. The third-order valence-corrected chi connectivity index (χ3v) is 6.43. The molecule has 2 heterocycles. The highest BCUT2D eigenvalue weighted by atomic mass is 32.1. The van der Waals surface area contributed by atoms with E-state index in [0.29, 0.717) is 5.41 Å². The third-order valence-electron chi connectivity index (χ3n) is 5.62. The Bertz CT molecular complexity index is 264. The maximum atomic E-state index is 4.60. The number of hydrogen-bond donors (Lipinski definition) is 1. The van der Waals surface area contributed by atoms with E-state index in [4.69, 9.17) is 0 Å². The molecule has 0 aromatic rings. The van der Waals surface area contributed by atoms with Crippen LogP contribution in [0.15, 0.2) is 0 Å². The lowest BCUT2D eigenvalue weighted by molar-refractivity contribution is 0.103. The molecule has 0 saturated carbocycles. The van der Waals surface area contributed by atoms with E-state index >= 15 is 0 Å². The molecule has 112 valence electrons. The first kappa shape index (κ1) is 15.7. The molecule has 0 radical (unpaired) electrons. The van der Waals surface area contributed by atoms with Crippen molar-refractivity contribution < 1.29 is 0 Å². The van der Waals surface area contributed by atoms with Crippen LogP contribution in [0.2, 0.25) is 0 Å². The van der Waals surface area contributed by atoms with Gasteiger partial charge in [0.1, 0.15) is 0 Å². The number of thiol groups is 1. The van der Waals surface area contributed by atoms with Gasteiger partial charge in [0.25, 0.3) is 0 Å². The largest absolute Gasteiger partial charge is 0.300 e. The summed E-state index contributed by atoms with van der Waals surface area (Å²) in [5.74, 6) is 1.90. The highest BCUT2D eigenvalue weighted by Gasteiger charge is 2.30. The standard InChI is InChI=1S/C17H33NS/c1-17(2,14-19)15-8-4-3-5-9-16-10-6-7-12-18(16)13-11-15/h15-16,19H,3-14H2,1-2H3. The molecule has 0 aliphatic carbocycles. The first-order valence-electron chi connectivity index (χ1n) is 8.48. The van der Waals surface area contributed by atoms with Crippen molar-refractivity contribution >= 4 is 12.6 Å². The molecule has 2 atom stereocenters. The van der Waals surface area contributed by atoms with Crippen molar-refractivity contribution in [1.82, 2.24) is 4.90 Å². The van der Waals surface area contributed by atoms with E-state index in [2.05, 4.69) is 31.4 Å². The number of fused-ring (bicyclic) bond motifs is 1. The summed E-state index contributed by atoms with van der Waals surface area (Å²) in [4.78, 5) is 2.82. The van der Waals surface area contributed by atoms with Crippen LogP contribution in [0.3, 0.4) is 0 Å². The second-order valence-electron chi connectivity index (χ2n) is 7.46. The van der Waals surface area contributed by atoms with Crippen LogP contribution >= 0.6 is 12.6 Å². The lowest BCUT2D eigenvalue weighted by Gasteiger charge is -2.40. The van der Waals surface area contributed by atoms with Gasteiger partial charge in [0.15, 0.2) is 0 Å². The van der Waals surface area contributed by atoms with Crippen molar-refractivity contribution in [2.75, 3.05) is 18.8 Å². The molecule has 2 aliphatic heterocycles. The molecule has 19 heavy (non-hydrogen) atoms. The quantitative estimate of drug-likeness (QED) is 0.715. The molecule has 2 aliphatic rings. The second kappa shape index (κ2) is 7.36. The lowest BCUT2D eigenvalue weighted by atomic mass is 9.75. The topological polar surface area (TPSA) is 3.24 Å². The minimum absolute atomic E-state index is 0.410. The Labute approximate surface area is 125 Å². The highest BCUT2D eigenvalue weighted by Crippen LogP contribution is 2.36. The fourth-order valence-electron chi connectivity index (χ4n) is 4.01. The molecule has 2 heteroatoms. The molecule has 2 fully saturated rings. The van der Waals surface area contributed by atoms with E-state index in [1.54, 1.807) is 0 Å². The van der Waals surface area contributed by atoms with Gasteiger partial charge in [-0.3, -0.25) is 0 Å². The van der Waals surface area contributed by atoms with Crippen molar-refractivity contribution in [3.8, 4) is 0 Å². The Balaban J connectivity index is 1.97. The van der Waals surface area contributed by atoms with Crippen LogP contribution in [0.4, 0.5) is 0 Å². The van der Waals surface area contributed by atoms with Gasteiger partial charge in [-0.05, 0) is 62.3 Å². The molecule has 2 saturated heterocycles. The molecule has 0 spiro atoms. The van der Waals surface area contributed by atoms with Crippen LogP contribution in [0.25, 0.3) is 0 Å². The summed E-state index contributed by atoms with van der Waals surface area (Å²) in [7, 11) is 0. The van der Waals surface area contributed by atoms with Gasteiger partial charge in [-0.1, -0.05) is 39.5 Å². The Morgan fingerprint density at radius 3 is 2.32 bits per heavy atom. The van der Waals surface area contributed by atoms with Gasteiger partial charge >= 0.3 is 0 Å². The molecule has 0 N–H and O–H groups in total. The minimum atomic E-state index is 0.410. The smallest absolute Gasteiger partial charge is 0.00952 e. The van der Waals surface area contributed by atoms with Gasteiger partial charge in [0.05, 0.1) is 0 Å². The summed E-state index contributed by atoms with van der Waals surface area (Å²) in [6.07, 6.45) is 13.0. The van der Waals surface area contributed by atoms with Crippen molar-refractivity contribution in [1.29, 1.82) is 0 Å². The summed E-state index contributed by atoms with van der Waals surface area (Å²) in [5.41, 5.74) is 0.410. The second-order valence-corrected chi connectivity index (χ2v) is 7.77. The first-order valence-corrected chi connectivity index (χ1v) is 9.11. The Morgan fingerprint density at radius 2 is 1.58 bits per heavy atom. The molecule has 0 amide bonds. The average Bonchev–Trinajstić information content (AvgIpc) is 2.43. The van der Waals surface area contributed by atoms with E-state index in [0.717, 1.165) is 17.7 Å². The van der Waals surface area contributed by atoms with Gasteiger partial charge in [-0.2, -0.15) is 12.6 Å². The van der Waals surface area contributed by atoms with Crippen molar-refractivity contribution in [2.45, 2.75) is 77.7 Å². The fourth-order valence-corrected chi connectivity index (χ4v) is 4.26. The van der Waals surface area contributed by atoms with E-state index in [1.807, 2.05) is 0 Å². The Morgan fingerprint density at radius 1 is 0.895 bits per heavy atom. The summed E-state index contributed by atoms with van der Waals surface area (Å²) < 4.78 is 0. The molecule has 0 aromatic heterocycles. The summed E-state index contributed by atoms with van der Waals surface area (Å²) in [6.45, 7) is 7.54. The van der Waals surface area contributed by atoms with Gasteiger partial charge in [0.2, 0.25) is 0 Å². The van der Waals surface area contributed by atoms with Crippen LogP contribution in [-0.2, 0) is 0 Å². The van der Waals surface area contributed by atoms with Crippen molar-refractivity contribution in [3.63, 3.8) is 0 Å². The van der Waals surface area contributed by atoms with Crippen molar-refractivity contribution in [3.05, 3.63) is 0 Å². The van der Waals surface area contributed by atoms with Crippen LogP contribution < -0.4 is 0 Å². The van der Waals surface area contributed by atoms with E-state index in [9.17, 15) is 0 Å². The molecular weight excluding hydrogens is 250 g/mol. The number of piperidine rings is 1. The monoisotopic (exact) mass is 283 g/mol. The highest BCUT2D eigenvalue weighted by molar-refractivity contribution is 7.80. The normalized spacial score (nSPS) is 31.7. The van der Waals surface area contributed by atoms with Crippen LogP contribution in [-0.4, -0.2) is 29.8 Å². The number of hydrogen-bond acceptors (Lipinski definition) is 2. The summed E-state index contributed by atoms with van der Waals surface area (Å²) in [6, 6.07) is 0.909. The van der Waals surface area contributed by atoms with E-state index in [-0.39, 0.29) is 0 Å². The molecular formula is C17H33NS. The van der Waals surface area contributed by atoms with Crippen molar-refractivity contribution in [2.24, 2.45) is 11.3 Å². The maximum absolute atomic E-state index is 4.60. The van der Waals surface area contributed by atoms with E-state index < -0.39 is 0 Å².